The molecule has 2 aromatic rings. The van der Waals surface area contributed by atoms with Crippen molar-refractivity contribution in [2.75, 3.05) is 6.54 Å². The molecule has 0 aliphatic rings. The third-order valence-corrected chi connectivity index (χ3v) is 4.09. The molecule has 0 spiro atoms. The van der Waals surface area contributed by atoms with Crippen molar-refractivity contribution in [3.63, 3.8) is 0 Å². The maximum Gasteiger partial charge on any atom is 0.0205 e. The first-order chi connectivity index (χ1) is 9.81. The monoisotopic (exact) mass is 267 g/mol. The maximum absolute atomic E-state index is 3.62. The van der Waals surface area contributed by atoms with E-state index in [4.69, 9.17) is 0 Å². The largest absolute Gasteiger partial charge is 0.312 e. The quantitative estimate of drug-likeness (QED) is 0.772. The van der Waals surface area contributed by atoms with Crippen molar-refractivity contribution in [1.82, 2.24) is 5.32 Å². The highest BCUT2D eigenvalue weighted by molar-refractivity contribution is 5.21. The summed E-state index contributed by atoms with van der Waals surface area (Å²) in [5, 5.41) is 3.62. The van der Waals surface area contributed by atoms with Gasteiger partial charge in [0.1, 0.15) is 0 Å². The van der Waals surface area contributed by atoms with Gasteiger partial charge in [-0.1, -0.05) is 80.9 Å². The molecule has 0 bridgehead atoms. The zero-order chi connectivity index (χ0) is 14.2. The Morgan fingerprint density at radius 1 is 0.900 bits per heavy atom. The fourth-order valence-corrected chi connectivity index (χ4v) is 2.60. The van der Waals surface area contributed by atoms with Crippen LogP contribution < -0.4 is 5.32 Å². The Morgan fingerprint density at radius 2 is 1.50 bits per heavy atom. The number of benzene rings is 2. The molecule has 0 saturated heterocycles. The highest BCUT2D eigenvalue weighted by Crippen LogP contribution is 2.26. The van der Waals surface area contributed by atoms with E-state index in [0.29, 0.717) is 11.8 Å². The molecular formula is C19H25N. The Balaban J connectivity index is 1.95. The molecule has 0 aromatic heterocycles. The van der Waals surface area contributed by atoms with Gasteiger partial charge in [-0.15, -0.1) is 0 Å². The third kappa shape index (κ3) is 4.21. The summed E-state index contributed by atoms with van der Waals surface area (Å²) in [6.45, 7) is 6.61. The van der Waals surface area contributed by atoms with Gasteiger partial charge in [-0.2, -0.15) is 0 Å². The fourth-order valence-electron chi connectivity index (χ4n) is 2.60. The summed E-state index contributed by atoms with van der Waals surface area (Å²) in [5.41, 5.74) is 2.80. The van der Waals surface area contributed by atoms with E-state index >= 15 is 0 Å². The summed E-state index contributed by atoms with van der Waals surface area (Å²) in [7, 11) is 0. The summed E-state index contributed by atoms with van der Waals surface area (Å²) < 4.78 is 0. The van der Waals surface area contributed by atoms with E-state index in [1.807, 2.05) is 0 Å². The molecule has 0 amide bonds. The van der Waals surface area contributed by atoms with E-state index in [9.17, 15) is 0 Å². The third-order valence-electron chi connectivity index (χ3n) is 4.09. The van der Waals surface area contributed by atoms with E-state index in [1.54, 1.807) is 0 Å². The van der Waals surface area contributed by atoms with Gasteiger partial charge in [0.2, 0.25) is 0 Å². The standard InChI is InChI=1S/C19H25N/c1-3-16(2)19(18-12-8-5-9-13-18)15-20-14-17-10-6-4-7-11-17/h4-13,16,19-20H,3,14-15H2,1-2H3. The summed E-state index contributed by atoms with van der Waals surface area (Å²) in [5.74, 6) is 1.28. The second-order valence-corrected chi connectivity index (χ2v) is 5.52. The lowest BCUT2D eigenvalue weighted by Gasteiger charge is -2.24. The minimum Gasteiger partial charge on any atom is -0.312 e. The van der Waals surface area contributed by atoms with Crippen LogP contribution in [0, 0.1) is 5.92 Å². The average Bonchev–Trinajstić information content (AvgIpc) is 2.53. The van der Waals surface area contributed by atoms with Crippen LogP contribution in [0.3, 0.4) is 0 Å². The Labute approximate surface area is 123 Å². The van der Waals surface area contributed by atoms with Gasteiger partial charge >= 0.3 is 0 Å². The molecular weight excluding hydrogens is 242 g/mol. The number of rotatable bonds is 7. The van der Waals surface area contributed by atoms with E-state index in [2.05, 4.69) is 79.8 Å². The van der Waals surface area contributed by atoms with Crippen molar-refractivity contribution in [3.8, 4) is 0 Å². The fraction of sp³-hybridized carbons (Fsp3) is 0.368. The number of hydrogen-bond donors (Lipinski definition) is 1. The van der Waals surface area contributed by atoms with Crippen LogP contribution in [0.4, 0.5) is 0 Å². The molecule has 2 rings (SSSR count). The normalized spacial score (nSPS) is 13.9. The van der Waals surface area contributed by atoms with Gasteiger partial charge in [0, 0.05) is 13.1 Å². The minimum atomic E-state index is 0.588. The highest BCUT2D eigenvalue weighted by Gasteiger charge is 2.17. The molecule has 1 N–H and O–H groups in total. The van der Waals surface area contributed by atoms with E-state index < -0.39 is 0 Å². The second-order valence-electron chi connectivity index (χ2n) is 5.52. The van der Waals surface area contributed by atoms with Crippen molar-refractivity contribution >= 4 is 0 Å². The van der Waals surface area contributed by atoms with Gasteiger partial charge in [-0.25, -0.2) is 0 Å². The van der Waals surface area contributed by atoms with Crippen LogP contribution >= 0.6 is 0 Å². The molecule has 0 heterocycles. The van der Waals surface area contributed by atoms with Crippen LogP contribution in [-0.4, -0.2) is 6.54 Å². The van der Waals surface area contributed by atoms with Crippen molar-refractivity contribution < 1.29 is 0 Å². The summed E-state index contributed by atoms with van der Waals surface area (Å²) in [6.07, 6.45) is 1.21. The van der Waals surface area contributed by atoms with Gasteiger partial charge in [-0.05, 0) is 23.0 Å². The van der Waals surface area contributed by atoms with Crippen LogP contribution in [-0.2, 0) is 6.54 Å². The molecule has 0 aliphatic heterocycles. The average molecular weight is 267 g/mol. The first-order valence-corrected chi connectivity index (χ1v) is 7.60. The smallest absolute Gasteiger partial charge is 0.0205 e. The molecule has 106 valence electrons. The molecule has 0 saturated carbocycles. The van der Waals surface area contributed by atoms with Crippen LogP contribution in [0.1, 0.15) is 37.3 Å². The summed E-state index contributed by atoms with van der Waals surface area (Å²) >= 11 is 0. The SMILES string of the molecule is CCC(C)C(CNCc1ccccc1)c1ccccc1. The topological polar surface area (TPSA) is 12.0 Å². The Morgan fingerprint density at radius 3 is 2.10 bits per heavy atom. The Kier molecular flexibility index (Phi) is 5.82. The molecule has 1 heteroatoms. The van der Waals surface area contributed by atoms with Crippen LogP contribution in [0.25, 0.3) is 0 Å². The molecule has 2 aromatic carbocycles. The zero-order valence-electron chi connectivity index (χ0n) is 12.5. The molecule has 0 aliphatic carbocycles. The molecule has 1 nitrogen and oxygen atoms in total. The summed E-state index contributed by atoms with van der Waals surface area (Å²) in [6, 6.07) is 21.5. The van der Waals surface area contributed by atoms with Crippen LogP contribution in [0.2, 0.25) is 0 Å². The van der Waals surface area contributed by atoms with E-state index in [0.717, 1.165) is 13.1 Å². The van der Waals surface area contributed by atoms with Gasteiger partial charge in [-0.3, -0.25) is 0 Å². The lowest BCUT2D eigenvalue weighted by Crippen LogP contribution is -2.25. The molecule has 20 heavy (non-hydrogen) atoms. The van der Waals surface area contributed by atoms with Gasteiger partial charge in [0.15, 0.2) is 0 Å². The van der Waals surface area contributed by atoms with Crippen molar-refractivity contribution in [3.05, 3.63) is 71.8 Å². The summed E-state index contributed by atoms with van der Waals surface area (Å²) in [4.78, 5) is 0. The predicted octanol–water partition coefficient (Wildman–Crippen LogP) is 4.61. The number of nitrogens with one attached hydrogen (secondary N) is 1. The van der Waals surface area contributed by atoms with Gasteiger partial charge < -0.3 is 5.32 Å². The van der Waals surface area contributed by atoms with Crippen molar-refractivity contribution in [2.45, 2.75) is 32.7 Å². The zero-order valence-corrected chi connectivity index (χ0v) is 12.5. The van der Waals surface area contributed by atoms with Gasteiger partial charge in [0.05, 0.1) is 0 Å². The van der Waals surface area contributed by atoms with Crippen LogP contribution in [0.15, 0.2) is 60.7 Å². The van der Waals surface area contributed by atoms with Crippen molar-refractivity contribution in [2.24, 2.45) is 5.92 Å². The van der Waals surface area contributed by atoms with Gasteiger partial charge in [0.25, 0.3) is 0 Å². The van der Waals surface area contributed by atoms with Crippen molar-refractivity contribution in [1.29, 1.82) is 0 Å². The van der Waals surface area contributed by atoms with Crippen LogP contribution in [0.5, 0.6) is 0 Å². The maximum atomic E-state index is 3.62. The molecule has 2 atom stereocenters. The minimum absolute atomic E-state index is 0.588. The Bertz CT molecular complexity index is 478. The molecule has 0 radical (unpaired) electrons. The van der Waals surface area contributed by atoms with E-state index in [1.165, 1.54) is 17.5 Å². The first kappa shape index (κ1) is 14.8. The van der Waals surface area contributed by atoms with E-state index in [-0.39, 0.29) is 0 Å². The Hall–Kier alpha value is -1.60. The lowest BCUT2D eigenvalue weighted by atomic mass is 9.85. The molecule has 0 fully saturated rings. The predicted molar refractivity (Wildman–Crippen MR) is 86.8 cm³/mol. The molecule has 2 unspecified atom stereocenters. The lowest BCUT2D eigenvalue weighted by molar-refractivity contribution is 0.420. The second kappa shape index (κ2) is 7.86. The highest BCUT2D eigenvalue weighted by atomic mass is 14.9. The number of hydrogen-bond acceptors (Lipinski definition) is 1. The first-order valence-electron chi connectivity index (χ1n) is 7.60.